The van der Waals surface area contributed by atoms with E-state index in [1.165, 1.54) is 0 Å². The van der Waals surface area contributed by atoms with Gasteiger partial charge >= 0.3 is 0 Å². The fourth-order valence-electron chi connectivity index (χ4n) is 3.66. The van der Waals surface area contributed by atoms with Gasteiger partial charge in [0, 0.05) is 29.2 Å². The number of rotatable bonds is 7. The number of benzene rings is 1. The number of hydrogen-bond donors (Lipinski definition) is 1. The van der Waals surface area contributed by atoms with Gasteiger partial charge in [-0.3, -0.25) is 4.79 Å². The number of allylic oxidation sites excluding steroid dienone is 2. The molecular weight excluding hydrogens is 424 g/mol. The average Bonchev–Trinajstić information content (AvgIpc) is 2.66. The second-order valence-electron chi connectivity index (χ2n) is 8.74. The highest BCUT2D eigenvalue weighted by Crippen LogP contribution is 2.37. The number of thioether (sulfide) groups is 1. The minimum atomic E-state index is -0.523. The standard InChI is InChI=1S/C25H30N2O4S/c1-25(2,16-29-3)31-22-13-21(23-8-6-4-5-7-11-32-23)27-20-10-9-18(12-19(20)22)26-24(28)17-14-30-15-17/h7-13,17H,4-6,14-16H2,1-3H3,(H,26,28)/b11-7+,23-8-. The Morgan fingerprint density at radius 3 is 2.88 bits per heavy atom. The Morgan fingerprint density at radius 2 is 2.12 bits per heavy atom. The highest BCUT2D eigenvalue weighted by molar-refractivity contribution is 8.10. The lowest BCUT2D eigenvalue weighted by atomic mass is 10.1. The summed E-state index contributed by atoms with van der Waals surface area (Å²) in [7, 11) is 1.67. The summed E-state index contributed by atoms with van der Waals surface area (Å²) >= 11 is 1.69. The minimum absolute atomic E-state index is 0.0229. The van der Waals surface area contributed by atoms with Crippen molar-refractivity contribution < 1.29 is 19.0 Å². The van der Waals surface area contributed by atoms with Gasteiger partial charge in [0.05, 0.1) is 36.9 Å². The van der Waals surface area contributed by atoms with E-state index in [4.69, 9.17) is 19.2 Å². The van der Waals surface area contributed by atoms with E-state index in [0.717, 1.165) is 52.2 Å². The molecule has 0 unspecified atom stereocenters. The molecule has 0 saturated carbocycles. The molecule has 1 aromatic carbocycles. The molecule has 1 amide bonds. The molecule has 0 aliphatic carbocycles. The molecule has 0 bridgehead atoms. The van der Waals surface area contributed by atoms with Crippen LogP contribution in [0.25, 0.3) is 15.8 Å². The van der Waals surface area contributed by atoms with E-state index < -0.39 is 5.60 Å². The van der Waals surface area contributed by atoms with Crippen LogP contribution in [0.15, 0.2) is 41.8 Å². The van der Waals surface area contributed by atoms with Crippen LogP contribution in [0.1, 0.15) is 38.8 Å². The van der Waals surface area contributed by atoms with Crippen molar-refractivity contribution in [2.75, 3.05) is 32.2 Å². The van der Waals surface area contributed by atoms with Crippen molar-refractivity contribution in [3.8, 4) is 5.75 Å². The first kappa shape index (κ1) is 22.8. The molecule has 2 aliphatic rings. The molecule has 1 N–H and O–H groups in total. The van der Waals surface area contributed by atoms with Gasteiger partial charge in [-0.1, -0.05) is 23.9 Å². The maximum atomic E-state index is 12.4. The molecule has 0 spiro atoms. The first-order valence-corrected chi connectivity index (χ1v) is 11.9. The number of carbonyl (C=O) groups is 1. The van der Waals surface area contributed by atoms with E-state index in [9.17, 15) is 4.79 Å². The van der Waals surface area contributed by atoms with E-state index in [1.54, 1.807) is 18.9 Å². The average molecular weight is 455 g/mol. The highest BCUT2D eigenvalue weighted by Gasteiger charge is 2.27. The summed E-state index contributed by atoms with van der Waals surface area (Å²) in [6, 6.07) is 7.76. The maximum absolute atomic E-state index is 12.4. The molecule has 1 aromatic heterocycles. The first-order valence-electron chi connectivity index (χ1n) is 11.0. The molecule has 32 heavy (non-hydrogen) atoms. The van der Waals surface area contributed by atoms with E-state index in [1.807, 2.05) is 38.1 Å². The summed E-state index contributed by atoms with van der Waals surface area (Å²) in [6.07, 6.45) is 7.71. The van der Waals surface area contributed by atoms with E-state index in [-0.39, 0.29) is 11.8 Å². The molecule has 6 nitrogen and oxygen atoms in total. The number of anilines is 1. The van der Waals surface area contributed by atoms with Gasteiger partial charge in [0.15, 0.2) is 0 Å². The third-order valence-electron chi connectivity index (χ3n) is 5.37. The Hall–Kier alpha value is -2.35. The fourth-order valence-corrected chi connectivity index (χ4v) is 4.48. The second-order valence-corrected chi connectivity index (χ2v) is 9.69. The van der Waals surface area contributed by atoms with E-state index >= 15 is 0 Å². The molecule has 7 heteroatoms. The summed E-state index contributed by atoms with van der Waals surface area (Å²) in [4.78, 5) is 18.4. The monoisotopic (exact) mass is 454 g/mol. The van der Waals surface area contributed by atoms with Gasteiger partial charge in [-0.05, 0) is 56.7 Å². The second kappa shape index (κ2) is 10.1. The number of methoxy groups -OCH3 is 1. The van der Waals surface area contributed by atoms with Crippen LogP contribution in [-0.4, -0.2) is 43.4 Å². The van der Waals surface area contributed by atoms with Crippen LogP contribution in [0.2, 0.25) is 0 Å². The first-order chi connectivity index (χ1) is 15.4. The number of carbonyl (C=O) groups excluding carboxylic acids is 1. The van der Waals surface area contributed by atoms with Crippen LogP contribution < -0.4 is 10.1 Å². The van der Waals surface area contributed by atoms with Crippen molar-refractivity contribution in [2.24, 2.45) is 5.92 Å². The van der Waals surface area contributed by atoms with Crippen molar-refractivity contribution in [3.05, 3.63) is 47.5 Å². The van der Waals surface area contributed by atoms with Crippen LogP contribution in [0.5, 0.6) is 5.75 Å². The Bertz CT molecular complexity index is 1040. The number of nitrogens with one attached hydrogen (secondary N) is 1. The Morgan fingerprint density at radius 1 is 1.28 bits per heavy atom. The summed E-state index contributed by atoms with van der Waals surface area (Å²) in [5.41, 5.74) is 1.91. The maximum Gasteiger partial charge on any atom is 0.232 e. The van der Waals surface area contributed by atoms with Gasteiger partial charge in [0.1, 0.15) is 11.4 Å². The molecule has 3 heterocycles. The normalized spacial score (nSPS) is 19.9. The van der Waals surface area contributed by atoms with Crippen LogP contribution in [-0.2, 0) is 14.3 Å². The van der Waals surface area contributed by atoms with E-state index in [2.05, 4.69) is 22.9 Å². The summed E-state index contributed by atoms with van der Waals surface area (Å²) in [5.74, 6) is 0.617. The van der Waals surface area contributed by atoms with Crippen molar-refractivity contribution in [1.29, 1.82) is 0 Å². The fraction of sp³-hybridized carbons (Fsp3) is 0.440. The van der Waals surface area contributed by atoms with Crippen molar-refractivity contribution >= 4 is 39.2 Å². The van der Waals surface area contributed by atoms with Gasteiger partial charge in [0.2, 0.25) is 5.91 Å². The lowest BCUT2D eigenvalue weighted by Gasteiger charge is -2.27. The molecule has 2 aliphatic heterocycles. The predicted molar refractivity (Wildman–Crippen MR) is 130 cm³/mol. The molecular formula is C25H30N2O4S. The van der Waals surface area contributed by atoms with E-state index in [0.29, 0.717) is 19.8 Å². The number of aromatic nitrogens is 1. The van der Waals surface area contributed by atoms with Crippen LogP contribution in [0, 0.1) is 5.92 Å². The number of amides is 1. The van der Waals surface area contributed by atoms with Gasteiger partial charge in [-0.25, -0.2) is 4.98 Å². The summed E-state index contributed by atoms with van der Waals surface area (Å²) in [6.45, 7) is 5.40. The van der Waals surface area contributed by atoms with Crippen molar-refractivity contribution in [1.82, 2.24) is 4.98 Å². The van der Waals surface area contributed by atoms with Crippen LogP contribution in [0.4, 0.5) is 5.69 Å². The topological polar surface area (TPSA) is 69.7 Å². The van der Waals surface area contributed by atoms with Gasteiger partial charge in [-0.15, -0.1) is 0 Å². The SMILES string of the molecule is COCC(C)(C)Oc1cc(/C2=C/CCC/C=C/S2)nc2ccc(NC(=O)C3COC3)cc12. The lowest BCUT2D eigenvalue weighted by Crippen LogP contribution is -2.38. The quantitative estimate of drug-likeness (QED) is 0.604. The van der Waals surface area contributed by atoms with Crippen LogP contribution in [0.3, 0.4) is 0 Å². The van der Waals surface area contributed by atoms with Crippen LogP contribution >= 0.6 is 11.8 Å². The molecule has 2 aromatic rings. The molecule has 1 saturated heterocycles. The summed E-state index contributed by atoms with van der Waals surface area (Å²) in [5, 5.41) is 5.98. The predicted octanol–water partition coefficient (Wildman–Crippen LogP) is 5.40. The third kappa shape index (κ3) is 5.52. The smallest absolute Gasteiger partial charge is 0.232 e. The van der Waals surface area contributed by atoms with Crippen molar-refractivity contribution in [2.45, 2.75) is 38.7 Å². The zero-order valence-corrected chi connectivity index (χ0v) is 19.7. The van der Waals surface area contributed by atoms with Gasteiger partial charge < -0.3 is 19.5 Å². The zero-order valence-electron chi connectivity index (χ0n) is 18.8. The highest BCUT2D eigenvalue weighted by atomic mass is 32.2. The number of hydrogen-bond acceptors (Lipinski definition) is 6. The van der Waals surface area contributed by atoms with Gasteiger partial charge in [-0.2, -0.15) is 0 Å². The molecule has 1 fully saturated rings. The number of fused-ring (bicyclic) bond motifs is 1. The Balaban J connectivity index is 1.72. The number of pyridine rings is 1. The zero-order chi connectivity index (χ0) is 22.6. The Labute approximate surface area is 193 Å². The minimum Gasteiger partial charge on any atom is -0.485 e. The number of ether oxygens (including phenoxy) is 3. The van der Waals surface area contributed by atoms with Gasteiger partial charge in [0.25, 0.3) is 0 Å². The summed E-state index contributed by atoms with van der Waals surface area (Å²) < 4.78 is 16.9. The molecule has 0 atom stereocenters. The largest absolute Gasteiger partial charge is 0.485 e. The number of nitrogens with zero attached hydrogens (tertiary/aromatic N) is 1. The van der Waals surface area contributed by atoms with Crippen molar-refractivity contribution in [3.63, 3.8) is 0 Å². The molecule has 0 radical (unpaired) electrons. The molecule has 170 valence electrons. The molecule has 4 rings (SSSR count). The third-order valence-corrected chi connectivity index (χ3v) is 6.33. The Kier molecular flexibility index (Phi) is 7.18. The lowest BCUT2D eigenvalue weighted by molar-refractivity contribution is -0.133.